The second kappa shape index (κ2) is 10.0. The first kappa shape index (κ1) is 20.1. The van der Waals surface area contributed by atoms with Gasteiger partial charge in [-0.05, 0) is 37.8 Å². The van der Waals surface area contributed by atoms with E-state index in [9.17, 15) is 9.59 Å². The number of carbonyl (C=O) groups excluding carboxylic acids is 2. The monoisotopic (exact) mass is 362 g/mol. The maximum absolute atomic E-state index is 12.4. The zero-order chi connectivity index (χ0) is 18.9. The number of hydrogen-bond acceptors (Lipinski definition) is 5. The molecule has 6 nitrogen and oxygen atoms in total. The summed E-state index contributed by atoms with van der Waals surface area (Å²) in [5, 5.41) is 3.16. The summed E-state index contributed by atoms with van der Waals surface area (Å²) in [5.41, 5.74) is 0.862. The average molecular weight is 362 g/mol. The molecule has 1 fully saturated rings. The Morgan fingerprint density at radius 1 is 1.27 bits per heavy atom. The van der Waals surface area contributed by atoms with Crippen LogP contribution in [0.1, 0.15) is 33.6 Å². The summed E-state index contributed by atoms with van der Waals surface area (Å²) in [5.74, 6) is 1.08. The topological polar surface area (TPSA) is 67.9 Å². The quantitative estimate of drug-likeness (QED) is 0.720. The molecule has 0 radical (unpaired) electrons. The molecule has 1 aromatic rings. The molecule has 6 heteroatoms. The minimum absolute atomic E-state index is 0.0424. The van der Waals surface area contributed by atoms with E-state index in [-0.39, 0.29) is 24.3 Å². The molecule has 1 saturated heterocycles. The van der Waals surface area contributed by atoms with Crippen LogP contribution in [0.4, 0.5) is 5.69 Å². The van der Waals surface area contributed by atoms with Gasteiger partial charge in [0, 0.05) is 24.8 Å². The molecular formula is C20H30N2O4. The van der Waals surface area contributed by atoms with Gasteiger partial charge in [-0.15, -0.1) is 0 Å². The van der Waals surface area contributed by atoms with Crippen molar-refractivity contribution in [1.29, 1.82) is 0 Å². The number of benzene rings is 1. The molecule has 0 atom stereocenters. The lowest BCUT2D eigenvalue weighted by Gasteiger charge is -2.31. The van der Waals surface area contributed by atoms with Crippen molar-refractivity contribution >= 4 is 17.6 Å². The Balaban J connectivity index is 1.77. The third kappa shape index (κ3) is 6.24. The molecule has 1 N–H and O–H groups in total. The first-order valence-electron chi connectivity index (χ1n) is 9.40. The van der Waals surface area contributed by atoms with Gasteiger partial charge in [-0.25, -0.2) is 0 Å². The van der Waals surface area contributed by atoms with Crippen LogP contribution in [0.3, 0.4) is 0 Å². The van der Waals surface area contributed by atoms with Crippen molar-refractivity contribution in [3.8, 4) is 5.75 Å². The number of carbonyl (C=O) groups is 2. The highest BCUT2D eigenvalue weighted by molar-refractivity contribution is 5.81. The number of esters is 1. The zero-order valence-corrected chi connectivity index (χ0v) is 16.0. The Morgan fingerprint density at radius 2 is 2.00 bits per heavy atom. The number of likely N-dealkylation sites (tertiary alicyclic amines) is 1. The lowest BCUT2D eigenvalue weighted by Crippen LogP contribution is -2.43. The molecule has 0 saturated carbocycles. The number of hydrogen-bond donors (Lipinski definition) is 1. The van der Waals surface area contributed by atoms with Crippen LogP contribution in [0.25, 0.3) is 0 Å². The number of anilines is 1. The standard InChI is InChI=1S/C20H30N2O4/c1-4-25-20(24)16-8-10-22(11-9-16)19(23)13-21-17-6-5-7-18(12-17)26-14-15(2)3/h5-7,12,15-16,21H,4,8-11,13-14H2,1-3H3. The smallest absolute Gasteiger partial charge is 0.309 e. The third-order valence-corrected chi connectivity index (χ3v) is 4.33. The second-order valence-corrected chi connectivity index (χ2v) is 6.99. The summed E-state index contributed by atoms with van der Waals surface area (Å²) in [7, 11) is 0. The van der Waals surface area contributed by atoms with E-state index in [1.165, 1.54) is 0 Å². The van der Waals surface area contributed by atoms with Gasteiger partial charge in [-0.3, -0.25) is 9.59 Å². The van der Waals surface area contributed by atoms with Crippen molar-refractivity contribution < 1.29 is 19.1 Å². The molecule has 1 heterocycles. The molecule has 1 aliphatic heterocycles. The first-order chi connectivity index (χ1) is 12.5. The van der Waals surface area contributed by atoms with Crippen LogP contribution in [0, 0.1) is 11.8 Å². The van der Waals surface area contributed by atoms with E-state index in [4.69, 9.17) is 9.47 Å². The Hall–Kier alpha value is -2.24. The van der Waals surface area contributed by atoms with Crippen molar-refractivity contribution in [3.63, 3.8) is 0 Å². The molecule has 0 aliphatic carbocycles. The van der Waals surface area contributed by atoms with E-state index in [1.807, 2.05) is 36.1 Å². The van der Waals surface area contributed by atoms with E-state index in [1.54, 1.807) is 0 Å². The van der Waals surface area contributed by atoms with Gasteiger partial charge in [0.1, 0.15) is 5.75 Å². The number of nitrogens with one attached hydrogen (secondary N) is 1. The third-order valence-electron chi connectivity index (χ3n) is 4.33. The van der Waals surface area contributed by atoms with Crippen LogP contribution in [0.5, 0.6) is 5.75 Å². The normalized spacial score (nSPS) is 15.0. The van der Waals surface area contributed by atoms with Gasteiger partial charge in [0.05, 0.1) is 25.7 Å². The Kier molecular flexibility index (Phi) is 7.75. The fourth-order valence-electron chi connectivity index (χ4n) is 2.87. The maximum atomic E-state index is 12.4. The van der Waals surface area contributed by atoms with Gasteiger partial charge in [0.2, 0.25) is 5.91 Å². The van der Waals surface area contributed by atoms with Crippen LogP contribution in [0.15, 0.2) is 24.3 Å². The van der Waals surface area contributed by atoms with E-state index in [0.29, 0.717) is 45.1 Å². The van der Waals surface area contributed by atoms with Crippen molar-refractivity contribution in [2.24, 2.45) is 11.8 Å². The summed E-state index contributed by atoms with van der Waals surface area (Å²) in [6.45, 7) is 8.52. The highest BCUT2D eigenvalue weighted by atomic mass is 16.5. The Morgan fingerprint density at radius 3 is 2.65 bits per heavy atom. The molecule has 26 heavy (non-hydrogen) atoms. The molecular weight excluding hydrogens is 332 g/mol. The highest BCUT2D eigenvalue weighted by Crippen LogP contribution is 2.20. The Labute approximate surface area is 155 Å². The molecule has 0 bridgehead atoms. The molecule has 144 valence electrons. The van der Waals surface area contributed by atoms with Crippen LogP contribution < -0.4 is 10.1 Å². The predicted octanol–water partition coefficient (Wildman–Crippen LogP) is 2.94. The summed E-state index contributed by atoms with van der Waals surface area (Å²) in [6.07, 6.45) is 1.34. The number of ether oxygens (including phenoxy) is 2. The lowest BCUT2D eigenvalue weighted by atomic mass is 9.97. The largest absolute Gasteiger partial charge is 0.493 e. The summed E-state index contributed by atoms with van der Waals surface area (Å²) in [4.78, 5) is 26.0. The van der Waals surface area contributed by atoms with Crippen LogP contribution in [-0.4, -0.2) is 49.6 Å². The number of piperidine rings is 1. The SMILES string of the molecule is CCOC(=O)C1CCN(C(=O)CNc2cccc(OCC(C)C)c2)CC1. The summed E-state index contributed by atoms with van der Waals surface area (Å²) < 4.78 is 10.8. The van der Waals surface area contributed by atoms with Gasteiger partial charge in [-0.1, -0.05) is 19.9 Å². The number of rotatable bonds is 8. The predicted molar refractivity (Wildman–Crippen MR) is 101 cm³/mol. The molecule has 1 aromatic carbocycles. The molecule has 0 aromatic heterocycles. The van der Waals surface area contributed by atoms with E-state index in [2.05, 4.69) is 19.2 Å². The van der Waals surface area contributed by atoms with E-state index >= 15 is 0 Å². The molecule has 1 amide bonds. The van der Waals surface area contributed by atoms with Crippen LogP contribution >= 0.6 is 0 Å². The number of amides is 1. The van der Waals surface area contributed by atoms with Crippen molar-refractivity contribution in [3.05, 3.63) is 24.3 Å². The maximum Gasteiger partial charge on any atom is 0.309 e. The van der Waals surface area contributed by atoms with Gasteiger partial charge < -0.3 is 19.7 Å². The van der Waals surface area contributed by atoms with Gasteiger partial charge in [0.15, 0.2) is 0 Å². The zero-order valence-electron chi connectivity index (χ0n) is 16.0. The highest BCUT2D eigenvalue weighted by Gasteiger charge is 2.27. The van der Waals surface area contributed by atoms with Crippen LogP contribution in [0.2, 0.25) is 0 Å². The minimum atomic E-state index is -0.143. The van der Waals surface area contributed by atoms with Crippen molar-refractivity contribution in [2.45, 2.75) is 33.6 Å². The molecule has 0 unspecified atom stereocenters. The van der Waals surface area contributed by atoms with Crippen LogP contribution in [-0.2, 0) is 14.3 Å². The van der Waals surface area contributed by atoms with E-state index < -0.39 is 0 Å². The summed E-state index contributed by atoms with van der Waals surface area (Å²) >= 11 is 0. The first-order valence-corrected chi connectivity index (χ1v) is 9.40. The van der Waals surface area contributed by atoms with Crippen molar-refractivity contribution in [2.75, 3.05) is 38.2 Å². The number of nitrogens with zero attached hydrogens (tertiary/aromatic N) is 1. The van der Waals surface area contributed by atoms with Crippen molar-refractivity contribution in [1.82, 2.24) is 4.90 Å². The summed E-state index contributed by atoms with van der Waals surface area (Å²) in [6, 6.07) is 7.65. The Bertz CT molecular complexity index is 595. The molecule has 2 rings (SSSR count). The average Bonchev–Trinajstić information content (AvgIpc) is 2.65. The molecule has 1 aliphatic rings. The second-order valence-electron chi connectivity index (χ2n) is 6.99. The van der Waals surface area contributed by atoms with Gasteiger partial charge in [-0.2, -0.15) is 0 Å². The fraction of sp³-hybridized carbons (Fsp3) is 0.600. The van der Waals surface area contributed by atoms with Gasteiger partial charge in [0.25, 0.3) is 0 Å². The van der Waals surface area contributed by atoms with Gasteiger partial charge >= 0.3 is 5.97 Å². The lowest BCUT2D eigenvalue weighted by molar-refractivity contribution is -0.151. The minimum Gasteiger partial charge on any atom is -0.493 e. The molecule has 0 spiro atoms. The van der Waals surface area contributed by atoms with E-state index in [0.717, 1.165) is 11.4 Å². The fourth-order valence-corrected chi connectivity index (χ4v) is 2.87.